The van der Waals surface area contributed by atoms with Gasteiger partial charge in [0.15, 0.2) is 0 Å². The Balaban J connectivity index is 1.27. The molecule has 0 spiro atoms. The molecule has 1 aliphatic heterocycles. The number of hydrogen-bond acceptors (Lipinski definition) is 3. The molecule has 4 rings (SSSR count). The highest BCUT2D eigenvalue weighted by Crippen LogP contribution is 2.26. The zero-order chi connectivity index (χ0) is 21.6. The number of amides is 2. The van der Waals surface area contributed by atoms with Gasteiger partial charge >= 0.3 is 0 Å². The number of carbonyl (C=O) groups is 2. The highest BCUT2D eigenvalue weighted by atomic mass is 16.2. The molecule has 0 atom stereocenters. The van der Waals surface area contributed by atoms with E-state index in [1.807, 2.05) is 35.2 Å². The number of benzene rings is 2. The molecule has 0 unspecified atom stereocenters. The van der Waals surface area contributed by atoms with Gasteiger partial charge in [0, 0.05) is 43.5 Å². The van der Waals surface area contributed by atoms with Crippen molar-refractivity contribution in [3.05, 3.63) is 59.7 Å². The lowest BCUT2D eigenvalue weighted by molar-refractivity contribution is -0.130. The Morgan fingerprint density at radius 3 is 2.26 bits per heavy atom. The van der Waals surface area contributed by atoms with Crippen LogP contribution in [0.4, 0.5) is 11.4 Å². The minimum absolute atomic E-state index is 0.160. The molecule has 5 nitrogen and oxygen atoms in total. The molecular formula is C26H33N3O2. The van der Waals surface area contributed by atoms with Gasteiger partial charge in [0.25, 0.3) is 0 Å². The summed E-state index contributed by atoms with van der Waals surface area (Å²) in [6.07, 6.45) is 6.08. The number of rotatable bonds is 5. The largest absolute Gasteiger partial charge is 0.368 e. The second kappa shape index (κ2) is 9.99. The van der Waals surface area contributed by atoms with Crippen LogP contribution in [0.2, 0.25) is 0 Å². The molecule has 0 bridgehead atoms. The molecule has 31 heavy (non-hydrogen) atoms. The molecule has 1 saturated heterocycles. The first-order valence-electron chi connectivity index (χ1n) is 11.6. The smallest absolute Gasteiger partial charge is 0.227 e. The second-order valence-corrected chi connectivity index (χ2v) is 8.84. The highest BCUT2D eigenvalue weighted by molar-refractivity contribution is 5.92. The van der Waals surface area contributed by atoms with Crippen molar-refractivity contribution < 1.29 is 9.59 Å². The summed E-state index contributed by atoms with van der Waals surface area (Å²) in [6, 6.07) is 16.2. The van der Waals surface area contributed by atoms with Crippen molar-refractivity contribution in [3.8, 4) is 0 Å². The number of hydrogen-bond donors (Lipinski definition) is 1. The third-order valence-electron chi connectivity index (χ3n) is 6.71. The summed E-state index contributed by atoms with van der Waals surface area (Å²) in [5, 5.41) is 3.08. The first-order chi connectivity index (χ1) is 15.1. The molecular weight excluding hydrogens is 386 g/mol. The summed E-state index contributed by atoms with van der Waals surface area (Å²) in [7, 11) is 0. The van der Waals surface area contributed by atoms with Gasteiger partial charge in [-0.3, -0.25) is 9.59 Å². The number of nitrogens with one attached hydrogen (secondary N) is 1. The first kappa shape index (κ1) is 21.4. The molecule has 1 N–H and O–H groups in total. The molecule has 2 aromatic carbocycles. The number of carbonyl (C=O) groups excluding carboxylic acids is 2. The highest BCUT2D eigenvalue weighted by Gasteiger charge is 2.23. The molecule has 164 valence electrons. The van der Waals surface area contributed by atoms with Crippen molar-refractivity contribution in [2.45, 2.75) is 45.4 Å². The van der Waals surface area contributed by atoms with Crippen LogP contribution in [-0.2, 0) is 16.0 Å². The van der Waals surface area contributed by atoms with Crippen molar-refractivity contribution in [2.75, 3.05) is 36.4 Å². The predicted octanol–water partition coefficient (Wildman–Crippen LogP) is 4.41. The molecule has 1 saturated carbocycles. The first-order valence-corrected chi connectivity index (χ1v) is 11.6. The van der Waals surface area contributed by atoms with Gasteiger partial charge in [-0.05, 0) is 55.2 Å². The normalized spacial score (nSPS) is 17.5. The van der Waals surface area contributed by atoms with Crippen LogP contribution < -0.4 is 10.2 Å². The van der Waals surface area contributed by atoms with Crippen molar-refractivity contribution >= 4 is 23.2 Å². The maximum absolute atomic E-state index is 12.7. The Morgan fingerprint density at radius 1 is 0.903 bits per heavy atom. The van der Waals surface area contributed by atoms with Crippen molar-refractivity contribution in [3.63, 3.8) is 0 Å². The lowest BCUT2D eigenvalue weighted by Crippen LogP contribution is -2.49. The fraction of sp³-hybridized carbons (Fsp3) is 0.462. The molecule has 2 amide bonds. The van der Waals surface area contributed by atoms with Crippen molar-refractivity contribution in [2.24, 2.45) is 5.92 Å². The fourth-order valence-corrected chi connectivity index (χ4v) is 4.66. The van der Waals surface area contributed by atoms with Crippen LogP contribution in [0.5, 0.6) is 0 Å². The number of aryl methyl sites for hydroxylation is 1. The van der Waals surface area contributed by atoms with E-state index >= 15 is 0 Å². The van der Waals surface area contributed by atoms with Gasteiger partial charge in [-0.15, -0.1) is 0 Å². The van der Waals surface area contributed by atoms with E-state index in [1.54, 1.807) is 0 Å². The van der Waals surface area contributed by atoms with Crippen LogP contribution in [0, 0.1) is 12.8 Å². The Bertz CT molecular complexity index is 895. The van der Waals surface area contributed by atoms with E-state index < -0.39 is 0 Å². The molecule has 1 heterocycles. The summed E-state index contributed by atoms with van der Waals surface area (Å²) in [4.78, 5) is 29.4. The lowest BCUT2D eigenvalue weighted by atomic mass is 9.88. The Morgan fingerprint density at radius 2 is 1.58 bits per heavy atom. The third kappa shape index (κ3) is 5.46. The van der Waals surface area contributed by atoms with Gasteiger partial charge < -0.3 is 15.1 Å². The van der Waals surface area contributed by atoms with Crippen LogP contribution in [0.3, 0.4) is 0 Å². The number of anilines is 2. The predicted molar refractivity (Wildman–Crippen MR) is 125 cm³/mol. The van der Waals surface area contributed by atoms with E-state index in [1.165, 1.54) is 12.0 Å². The molecule has 0 aromatic heterocycles. The van der Waals surface area contributed by atoms with Crippen LogP contribution in [0.25, 0.3) is 0 Å². The average molecular weight is 420 g/mol. The zero-order valence-corrected chi connectivity index (χ0v) is 18.5. The minimum Gasteiger partial charge on any atom is -0.368 e. The van der Waals surface area contributed by atoms with E-state index in [0.717, 1.165) is 68.8 Å². The van der Waals surface area contributed by atoms with Gasteiger partial charge in [0.05, 0.1) is 6.42 Å². The summed E-state index contributed by atoms with van der Waals surface area (Å²) < 4.78 is 0. The lowest BCUT2D eigenvalue weighted by Gasteiger charge is -2.36. The molecule has 0 radical (unpaired) electrons. The second-order valence-electron chi connectivity index (χ2n) is 8.84. The molecule has 2 aromatic rings. The maximum Gasteiger partial charge on any atom is 0.227 e. The van der Waals surface area contributed by atoms with E-state index in [4.69, 9.17) is 0 Å². The van der Waals surface area contributed by atoms with E-state index in [9.17, 15) is 9.59 Å². The summed E-state index contributed by atoms with van der Waals surface area (Å²) >= 11 is 0. The number of nitrogens with zero attached hydrogens (tertiary/aromatic N) is 2. The topological polar surface area (TPSA) is 52.7 Å². The van der Waals surface area contributed by atoms with Crippen LogP contribution in [0.1, 0.15) is 43.2 Å². The van der Waals surface area contributed by atoms with E-state index in [0.29, 0.717) is 6.42 Å². The quantitative estimate of drug-likeness (QED) is 0.781. The summed E-state index contributed by atoms with van der Waals surface area (Å²) in [5.41, 5.74) is 4.29. The van der Waals surface area contributed by atoms with E-state index in [2.05, 4.69) is 35.3 Å². The Hall–Kier alpha value is -2.82. The van der Waals surface area contributed by atoms with Gasteiger partial charge in [0.2, 0.25) is 11.8 Å². The SMILES string of the molecule is Cc1ccccc1CC(=O)N1CCN(c2ccc(NC(=O)C3CCCCC3)cc2)CC1. The van der Waals surface area contributed by atoms with Gasteiger partial charge in [-0.1, -0.05) is 43.5 Å². The van der Waals surface area contributed by atoms with Crippen LogP contribution in [0.15, 0.2) is 48.5 Å². The average Bonchev–Trinajstić information content (AvgIpc) is 2.82. The van der Waals surface area contributed by atoms with Gasteiger partial charge in [-0.2, -0.15) is 0 Å². The Kier molecular flexibility index (Phi) is 6.90. The van der Waals surface area contributed by atoms with Crippen molar-refractivity contribution in [1.82, 2.24) is 4.90 Å². The zero-order valence-electron chi connectivity index (χ0n) is 18.5. The molecule has 2 fully saturated rings. The van der Waals surface area contributed by atoms with E-state index in [-0.39, 0.29) is 17.7 Å². The monoisotopic (exact) mass is 419 g/mol. The number of piperazine rings is 1. The molecule has 5 heteroatoms. The Labute approximate surface area is 185 Å². The molecule has 1 aliphatic carbocycles. The minimum atomic E-state index is 0.160. The summed E-state index contributed by atoms with van der Waals surface area (Å²) in [6.45, 7) is 5.19. The van der Waals surface area contributed by atoms with Gasteiger partial charge in [0.1, 0.15) is 0 Å². The summed E-state index contributed by atoms with van der Waals surface area (Å²) in [5.74, 6) is 0.529. The standard InChI is InChI=1S/C26H33N3O2/c1-20-7-5-6-10-22(20)19-25(30)29-17-15-28(16-18-29)24-13-11-23(12-14-24)27-26(31)21-8-3-2-4-9-21/h5-7,10-14,21H,2-4,8-9,15-19H2,1H3,(H,27,31). The van der Waals surface area contributed by atoms with Crippen LogP contribution >= 0.6 is 0 Å². The molecule has 2 aliphatic rings. The van der Waals surface area contributed by atoms with Crippen LogP contribution in [-0.4, -0.2) is 42.9 Å². The third-order valence-corrected chi connectivity index (χ3v) is 6.71. The fourth-order valence-electron chi connectivity index (χ4n) is 4.66. The van der Waals surface area contributed by atoms with Crippen molar-refractivity contribution in [1.29, 1.82) is 0 Å². The van der Waals surface area contributed by atoms with Gasteiger partial charge in [-0.25, -0.2) is 0 Å². The maximum atomic E-state index is 12.7.